The van der Waals surface area contributed by atoms with Gasteiger partial charge in [0.05, 0.1) is 5.75 Å². The van der Waals surface area contributed by atoms with Crippen LogP contribution in [0.25, 0.3) is 0 Å². The van der Waals surface area contributed by atoms with Crippen LogP contribution in [0, 0.1) is 0 Å². The van der Waals surface area contributed by atoms with Gasteiger partial charge in [0.2, 0.25) is 10.0 Å². The zero-order valence-electron chi connectivity index (χ0n) is 6.66. The molecule has 0 radical (unpaired) electrons. The minimum Gasteiger partial charge on any atom is -0.327 e. The van der Waals surface area contributed by atoms with E-state index in [1.807, 2.05) is 6.92 Å². The molecule has 0 spiro atoms. The number of hydrogen-bond donors (Lipinski definition) is 1. The molecule has 1 heterocycles. The topological polar surface area (TPSA) is 63.4 Å². The van der Waals surface area contributed by atoms with Crippen molar-refractivity contribution < 1.29 is 8.42 Å². The van der Waals surface area contributed by atoms with Gasteiger partial charge in [-0.15, -0.1) is 0 Å². The lowest BCUT2D eigenvalue weighted by molar-refractivity contribution is 0.419. The van der Waals surface area contributed by atoms with Crippen LogP contribution in [0.5, 0.6) is 0 Å². The number of nitrogens with two attached hydrogens (primary N) is 1. The molecule has 0 amide bonds. The van der Waals surface area contributed by atoms with E-state index in [9.17, 15) is 8.42 Å². The van der Waals surface area contributed by atoms with E-state index in [0.29, 0.717) is 18.8 Å². The number of nitrogens with zero attached hydrogens (tertiary/aromatic N) is 1. The molecule has 0 aromatic rings. The Morgan fingerprint density at radius 3 is 2.64 bits per heavy atom. The lowest BCUT2D eigenvalue weighted by Gasteiger charge is -2.15. The van der Waals surface area contributed by atoms with Gasteiger partial charge in [0.25, 0.3) is 0 Å². The summed E-state index contributed by atoms with van der Waals surface area (Å²) in [6, 6.07) is -0.0668. The minimum absolute atomic E-state index is 0.0668. The molecule has 1 fully saturated rings. The first-order valence-corrected chi connectivity index (χ1v) is 5.37. The Kier molecular flexibility index (Phi) is 2.51. The van der Waals surface area contributed by atoms with Gasteiger partial charge in [-0.3, -0.25) is 0 Å². The molecular weight excluding hydrogens is 164 g/mol. The molecule has 1 aliphatic heterocycles. The van der Waals surface area contributed by atoms with E-state index in [1.165, 1.54) is 4.31 Å². The van der Waals surface area contributed by atoms with Crippen LogP contribution in [0.2, 0.25) is 0 Å². The highest BCUT2D eigenvalue weighted by molar-refractivity contribution is 7.89. The lowest BCUT2D eigenvalue weighted by atomic mass is 10.3. The third-order valence-corrected chi connectivity index (χ3v) is 3.62. The van der Waals surface area contributed by atoms with E-state index in [0.717, 1.165) is 6.42 Å². The second kappa shape index (κ2) is 3.08. The Balaban J connectivity index is 2.59. The van der Waals surface area contributed by atoms with Gasteiger partial charge in [-0.05, 0) is 13.3 Å². The number of sulfonamides is 1. The van der Waals surface area contributed by atoms with E-state index in [-0.39, 0.29) is 6.04 Å². The smallest absolute Gasteiger partial charge is 0.214 e. The highest BCUT2D eigenvalue weighted by Gasteiger charge is 2.28. The van der Waals surface area contributed by atoms with E-state index in [4.69, 9.17) is 5.73 Å². The van der Waals surface area contributed by atoms with Crippen molar-refractivity contribution in [2.45, 2.75) is 19.4 Å². The predicted octanol–water partition coefficient (Wildman–Crippen LogP) is -0.631. The Labute approximate surface area is 67.4 Å². The van der Waals surface area contributed by atoms with Gasteiger partial charge in [-0.1, -0.05) is 0 Å². The zero-order valence-corrected chi connectivity index (χ0v) is 7.47. The molecule has 0 bridgehead atoms. The fraction of sp³-hybridized carbons (Fsp3) is 1.00. The first-order valence-electron chi connectivity index (χ1n) is 3.76. The van der Waals surface area contributed by atoms with Crippen molar-refractivity contribution in [2.75, 3.05) is 18.8 Å². The molecule has 1 saturated heterocycles. The average molecular weight is 178 g/mol. The summed E-state index contributed by atoms with van der Waals surface area (Å²) in [7, 11) is -2.93. The lowest BCUT2D eigenvalue weighted by Crippen LogP contribution is -2.36. The molecule has 0 aromatic heterocycles. The summed E-state index contributed by atoms with van der Waals surface area (Å²) in [5, 5.41) is 0. The van der Waals surface area contributed by atoms with Crippen LogP contribution >= 0.6 is 0 Å². The summed E-state index contributed by atoms with van der Waals surface area (Å²) in [5.41, 5.74) is 5.49. The van der Waals surface area contributed by atoms with Crippen molar-refractivity contribution in [1.29, 1.82) is 0 Å². The summed E-state index contributed by atoms with van der Waals surface area (Å²) in [6.45, 7) is 2.92. The fourth-order valence-electron chi connectivity index (χ4n) is 1.22. The van der Waals surface area contributed by atoms with Gasteiger partial charge in [0.15, 0.2) is 0 Å². The molecule has 0 saturated carbocycles. The first kappa shape index (κ1) is 8.96. The third kappa shape index (κ3) is 2.15. The zero-order chi connectivity index (χ0) is 8.48. The summed E-state index contributed by atoms with van der Waals surface area (Å²) < 4.78 is 23.8. The molecule has 11 heavy (non-hydrogen) atoms. The second-order valence-corrected chi connectivity index (χ2v) is 5.09. The molecular formula is C6H14N2O2S. The normalized spacial score (nSPS) is 27.1. The van der Waals surface area contributed by atoms with Gasteiger partial charge in [0.1, 0.15) is 0 Å². The van der Waals surface area contributed by atoms with E-state index in [2.05, 4.69) is 0 Å². The molecule has 0 unspecified atom stereocenters. The van der Waals surface area contributed by atoms with Crippen molar-refractivity contribution in [3.05, 3.63) is 0 Å². The molecule has 5 heteroatoms. The van der Waals surface area contributed by atoms with Crippen LogP contribution in [0.4, 0.5) is 0 Å². The Morgan fingerprint density at radius 2 is 2.27 bits per heavy atom. The fourth-order valence-corrected chi connectivity index (χ4v) is 2.84. The maximum Gasteiger partial charge on any atom is 0.214 e. The van der Waals surface area contributed by atoms with E-state index < -0.39 is 10.0 Å². The van der Waals surface area contributed by atoms with Gasteiger partial charge in [0, 0.05) is 19.1 Å². The molecule has 1 atom stereocenters. The Morgan fingerprint density at radius 1 is 1.64 bits per heavy atom. The van der Waals surface area contributed by atoms with Crippen molar-refractivity contribution in [3.63, 3.8) is 0 Å². The molecule has 66 valence electrons. The quantitative estimate of drug-likeness (QED) is 0.612. The molecule has 1 rings (SSSR count). The van der Waals surface area contributed by atoms with Gasteiger partial charge in [-0.25, -0.2) is 12.7 Å². The van der Waals surface area contributed by atoms with Crippen LogP contribution in [0.1, 0.15) is 13.3 Å². The summed E-state index contributed by atoms with van der Waals surface area (Å²) in [4.78, 5) is 0. The van der Waals surface area contributed by atoms with E-state index >= 15 is 0 Å². The maximum absolute atomic E-state index is 11.2. The molecule has 1 aliphatic rings. The molecule has 0 aliphatic carbocycles. The van der Waals surface area contributed by atoms with Crippen LogP contribution in [0.15, 0.2) is 0 Å². The monoisotopic (exact) mass is 178 g/mol. The summed E-state index contributed by atoms with van der Waals surface area (Å²) >= 11 is 0. The first-order chi connectivity index (χ1) is 5.02. The third-order valence-electron chi connectivity index (χ3n) is 1.69. The molecule has 4 nitrogen and oxygen atoms in total. The Bertz CT molecular complexity index is 223. The van der Waals surface area contributed by atoms with Crippen molar-refractivity contribution >= 4 is 10.0 Å². The van der Waals surface area contributed by atoms with Crippen LogP contribution in [-0.2, 0) is 10.0 Å². The number of hydrogen-bond acceptors (Lipinski definition) is 3. The SMILES string of the molecule is C[C@@H](N)CN1CCCS1(=O)=O. The van der Waals surface area contributed by atoms with Crippen molar-refractivity contribution in [3.8, 4) is 0 Å². The van der Waals surface area contributed by atoms with Crippen LogP contribution in [0.3, 0.4) is 0 Å². The minimum atomic E-state index is -2.93. The highest BCUT2D eigenvalue weighted by Crippen LogP contribution is 2.12. The number of rotatable bonds is 2. The summed E-state index contributed by atoms with van der Waals surface area (Å²) in [6.07, 6.45) is 0.745. The van der Waals surface area contributed by atoms with Crippen LogP contribution < -0.4 is 5.73 Å². The van der Waals surface area contributed by atoms with Crippen molar-refractivity contribution in [1.82, 2.24) is 4.31 Å². The summed E-state index contributed by atoms with van der Waals surface area (Å²) in [5.74, 6) is 0.291. The average Bonchev–Trinajstić information content (AvgIpc) is 2.10. The van der Waals surface area contributed by atoms with E-state index in [1.54, 1.807) is 0 Å². The second-order valence-electron chi connectivity index (χ2n) is 3.00. The predicted molar refractivity (Wildman–Crippen MR) is 43.6 cm³/mol. The Hall–Kier alpha value is -0.130. The standard InChI is InChI=1S/C6H14N2O2S/c1-6(7)5-8-3-2-4-11(8,9)10/h6H,2-5,7H2,1H3/t6-/m1/s1. The van der Waals surface area contributed by atoms with Crippen LogP contribution in [-0.4, -0.2) is 37.6 Å². The maximum atomic E-state index is 11.2. The van der Waals surface area contributed by atoms with Gasteiger partial charge < -0.3 is 5.73 Å². The largest absolute Gasteiger partial charge is 0.327 e. The molecule has 0 aromatic carbocycles. The van der Waals surface area contributed by atoms with Crippen molar-refractivity contribution in [2.24, 2.45) is 5.73 Å². The van der Waals surface area contributed by atoms with Gasteiger partial charge in [-0.2, -0.15) is 0 Å². The molecule has 2 N–H and O–H groups in total. The van der Waals surface area contributed by atoms with Gasteiger partial charge >= 0.3 is 0 Å². The highest BCUT2D eigenvalue weighted by atomic mass is 32.2.